The molecule has 1 rings (SSSR count). The molecule has 0 spiro atoms. The summed E-state index contributed by atoms with van der Waals surface area (Å²) in [5.74, 6) is 0. The van der Waals surface area contributed by atoms with Crippen LogP contribution in [-0.2, 0) is 13.1 Å². The van der Waals surface area contributed by atoms with Gasteiger partial charge in [0.2, 0.25) is 0 Å². The van der Waals surface area contributed by atoms with Crippen molar-refractivity contribution in [2.75, 3.05) is 13.6 Å². The molecule has 0 saturated carbocycles. The molecule has 0 radical (unpaired) electrons. The molecule has 1 unspecified atom stereocenters. The number of rotatable bonds is 6. The van der Waals surface area contributed by atoms with Gasteiger partial charge in [-0.3, -0.25) is 4.68 Å². The number of halogens is 2. The van der Waals surface area contributed by atoms with Gasteiger partial charge in [-0.15, -0.1) is 11.6 Å². The molecule has 1 heterocycles. The van der Waals surface area contributed by atoms with E-state index in [1.807, 2.05) is 13.8 Å². The molecule has 1 atom stereocenters. The largest absolute Gasteiger partial charge is 0.300 e. The van der Waals surface area contributed by atoms with E-state index in [9.17, 15) is 0 Å². The Morgan fingerprint density at radius 2 is 2.18 bits per heavy atom. The molecule has 0 aromatic carbocycles. The summed E-state index contributed by atoms with van der Waals surface area (Å²) >= 11 is 9.58. The second-order valence-electron chi connectivity index (χ2n) is 4.47. The summed E-state index contributed by atoms with van der Waals surface area (Å²) in [6.45, 7) is 8.99. The maximum Gasteiger partial charge on any atom is 0.0739 e. The molecule has 0 bridgehead atoms. The zero-order valence-corrected chi connectivity index (χ0v) is 13.3. The van der Waals surface area contributed by atoms with Crippen LogP contribution in [0.1, 0.15) is 31.7 Å². The van der Waals surface area contributed by atoms with Gasteiger partial charge in [0.05, 0.1) is 15.9 Å². The van der Waals surface area contributed by atoms with Crippen LogP contribution in [0, 0.1) is 6.92 Å². The van der Waals surface area contributed by atoms with Crippen LogP contribution in [0.2, 0.25) is 0 Å². The van der Waals surface area contributed by atoms with Gasteiger partial charge < -0.3 is 4.90 Å². The third-order valence-corrected chi connectivity index (χ3v) is 4.03. The Hall–Kier alpha value is -0.0600. The lowest BCUT2D eigenvalue weighted by atomic mass is 10.3. The fraction of sp³-hybridized carbons (Fsp3) is 0.750. The summed E-state index contributed by atoms with van der Waals surface area (Å²) in [7, 11) is 2.12. The Morgan fingerprint density at radius 1 is 1.53 bits per heavy atom. The van der Waals surface area contributed by atoms with Crippen molar-refractivity contribution in [2.45, 2.75) is 45.7 Å². The van der Waals surface area contributed by atoms with E-state index in [0.717, 1.165) is 36.2 Å². The van der Waals surface area contributed by atoms with Crippen LogP contribution in [-0.4, -0.2) is 33.6 Å². The first-order valence-corrected chi connectivity index (χ1v) is 7.23. The summed E-state index contributed by atoms with van der Waals surface area (Å²) in [6.07, 6.45) is 1.01. The van der Waals surface area contributed by atoms with Crippen LogP contribution in [0.3, 0.4) is 0 Å². The monoisotopic (exact) mass is 321 g/mol. The second-order valence-corrected chi connectivity index (χ2v) is 6.01. The number of aromatic nitrogens is 2. The minimum absolute atomic E-state index is 0.235. The van der Waals surface area contributed by atoms with Gasteiger partial charge in [-0.2, -0.15) is 5.10 Å². The molecule has 17 heavy (non-hydrogen) atoms. The highest BCUT2D eigenvalue weighted by Crippen LogP contribution is 2.22. The molecule has 1 aromatic heterocycles. The molecule has 0 aliphatic heterocycles. The molecule has 0 saturated heterocycles. The normalized spacial score (nSPS) is 13.4. The average molecular weight is 323 g/mol. The van der Waals surface area contributed by atoms with Crippen molar-refractivity contribution in [3.63, 3.8) is 0 Å². The maximum atomic E-state index is 5.97. The Morgan fingerprint density at radius 3 is 2.71 bits per heavy atom. The molecule has 3 nitrogen and oxygen atoms in total. The minimum Gasteiger partial charge on any atom is -0.300 e. The molecular weight excluding hydrogens is 302 g/mol. The summed E-state index contributed by atoms with van der Waals surface area (Å²) in [6, 6.07) is 0. The van der Waals surface area contributed by atoms with Crippen LogP contribution in [0.4, 0.5) is 0 Å². The second kappa shape index (κ2) is 6.76. The molecule has 0 amide bonds. The highest BCUT2D eigenvalue weighted by molar-refractivity contribution is 9.10. The van der Waals surface area contributed by atoms with Gasteiger partial charge in [-0.1, -0.05) is 0 Å². The van der Waals surface area contributed by atoms with E-state index >= 15 is 0 Å². The molecule has 0 N–H and O–H groups in total. The van der Waals surface area contributed by atoms with Crippen LogP contribution >= 0.6 is 27.5 Å². The van der Waals surface area contributed by atoms with E-state index in [2.05, 4.69) is 44.6 Å². The lowest BCUT2D eigenvalue weighted by Crippen LogP contribution is -2.23. The number of aryl methyl sites for hydroxylation is 2. The van der Waals surface area contributed by atoms with Crippen molar-refractivity contribution in [1.82, 2.24) is 14.7 Å². The maximum absolute atomic E-state index is 5.97. The quantitative estimate of drug-likeness (QED) is 0.748. The topological polar surface area (TPSA) is 21.1 Å². The van der Waals surface area contributed by atoms with Gasteiger partial charge in [0.1, 0.15) is 0 Å². The van der Waals surface area contributed by atoms with Gasteiger partial charge in [0.25, 0.3) is 0 Å². The summed E-state index contributed by atoms with van der Waals surface area (Å²) < 4.78 is 3.19. The first kappa shape index (κ1) is 15.0. The highest BCUT2D eigenvalue weighted by Gasteiger charge is 2.13. The predicted octanol–water partition coefficient (Wildman–Crippen LogP) is 3.42. The van der Waals surface area contributed by atoms with Crippen molar-refractivity contribution in [2.24, 2.45) is 0 Å². The SMILES string of the molecule is CCn1nc(C)c(Br)c1CN(C)CCC(C)Cl. The van der Waals surface area contributed by atoms with Crippen LogP contribution in [0.25, 0.3) is 0 Å². The summed E-state index contributed by atoms with van der Waals surface area (Å²) in [5.41, 5.74) is 2.30. The third-order valence-electron chi connectivity index (χ3n) is 2.78. The van der Waals surface area contributed by atoms with Gasteiger partial charge in [-0.05, 0) is 56.7 Å². The molecule has 1 aromatic rings. The van der Waals surface area contributed by atoms with Crippen molar-refractivity contribution in [3.8, 4) is 0 Å². The van der Waals surface area contributed by atoms with Crippen LogP contribution < -0.4 is 0 Å². The smallest absolute Gasteiger partial charge is 0.0739 e. The van der Waals surface area contributed by atoms with E-state index in [1.54, 1.807) is 0 Å². The number of nitrogens with zero attached hydrogens (tertiary/aromatic N) is 3. The van der Waals surface area contributed by atoms with Gasteiger partial charge in [0, 0.05) is 18.5 Å². The van der Waals surface area contributed by atoms with Gasteiger partial charge >= 0.3 is 0 Å². The Balaban J connectivity index is 2.67. The first-order valence-electron chi connectivity index (χ1n) is 6.00. The van der Waals surface area contributed by atoms with E-state index in [0.29, 0.717) is 0 Å². The number of hydrogen-bond donors (Lipinski definition) is 0. The lowest BCUT2D eigenvalue weighted by molar-refractivity contribution is 0.310. The van der Waals surface area contributed by atoms with Gasteiger partial charge in [0.15, 0.2) is 0 Å². The molecule has 5 heteroatoms. The molecular formula is C12H21BrClN3. The van der Waals surface area contributed by atoms with E-state index in [-0.39, 0.29) is 5.38 Å². The van der Waals surface area contributed by atoms with Crippen molar-refractivity contribution in [3.05, 3.63) is 15.9 Å². The van der Waals surface area contributed by atoms with Crippen molar-refractivity contribution >= 4 is 27.5 Å². The fourth-order valence-corrected chi connectivity index (χ4v) is 2.26. The Kier molecular flexibility index (Phi) is 5.97. The molecule has 0 aliphatic carbocycles. The van der Waals surface area contributed by atoms with Crippen molar-refractivity contribution in [1.29, 1.82) is 0 Å². The van der Waals surface area contributed by atoms with E-state index in [4.69, 9.17) is 11.6 Å². The zero-order valence-electron chi connectivity index (χ0n) is 11.0. The number of hydrogen-bond acceptors (Lipinski definition) is 2. The third kappa shape index (κ3) is 4.27. The fourth-order valence-electron chi connectivity index (χ4n) is 1.75. The minimum atomic E-state index is 0.235. The first-order chi connectivity index (χ1) is 7.95. The van der Waals surface area contributed by atoms with E-state index in [1.165, 1.54) is 5.69 Å². The molecule has 0 fully saturated rings. The van der Waals surface area contributed by atoms with Crippen LogP contribution in [0.15, 0.2) is 4.47 Å². The molecule has 98 valence electrons. The van der Waals surface area contributed by atoms with Crippen LogP contribution in [0.5, 0.6) is 0 Å². The molecule has 0 aliphatic rings. The van der Waals surface area contributed by atoms with Crippen molar-refractivity contribution < 1.29 is 0 Å². The van der Waals surface area contributed by atoms with Gasteiger partial charge in [-0.25, -0.2) is 0 Å². The number of alkyl halides is 1. The average Bonchev–Trinajstić information content (AvgIpc) is 2.54. The standard InChI is InChI=1S/C12H21BrClN3/c1-5-17-11(12(13)10(3)15-17)8-16(4)7-6-9(2)14/h9H,5-8H2,1-4H3. The lowest BCUT2D eigenvalue weighted by Gasteiger charge is -2.18. The Bertz CT molecular complexity index is 363. The predicted molar refractivity (Wildman–Crippen MR) is 76.6 cm³/mol. The highest BCUT2D eigenvalue weighted by atomic mass is 79.9. The Labute approximate surface area is 117 Å². The zero-order chi connectivity index (χ0) is 13.0. The van der Waals surface area contributed by atoms with E-state index < -0.39 is 0 Å². The summed E-state index contributed by atoms with van der Waals surface area (Å²) in [5, 5.41) is 4.73. The summed E-state index contributed by atoms with van der Waals surface area (Å²) in [4.78, 5) is 2.28.